The Morgan fingerprint density at radius 1 is 1.32 bits per heavy atom. The normalized spacial score (nSPS) is 12.7. The van der Waals surface area contributed by atoms with Gasteiger partial charge in [-0.3, -0.25) is 0 Å². The molecule has 0 aliphatic rings. The molecule has 0 atom stereocenters. The Labute approximate surface area is 118 Å². The fraction of sp³-hybridized carbons (Fsp3) is 0.667. The Morgan fingerprint density at radius 3 is 2.37 bits per heavy atom. The lowest BCUT2D eigenvalue weighted by Crippen LogP contribution is -2.40. The molecular formula is C15H26O3Si. The number of rotatable bonds is 4. The molecular weight excluding hydrogens is 256 g/mol. The number of ether oxygens (including phenoxy) is 1. The zero-order chi connectivity index (χ0) is 15.1. The summed E-state index contributed by atoms with van der Waals surface area (Å²) in [6.07, 6.45) is 1.41. The second-order valence-corrected chi connectivity index (χ2v) is 10.7. The van der Waals surface area contributed by atoms with Crippen LogP contribution in [-0.2, 0) is 14.0 Å². The van der Waals surface area contributed by atoms with Crippen LogP contribution < -0.4 is 0 Å². The highest BCUT2D eigenvalue weighted by Gasteiger charge is 2.36. The van der Waals surface area contributed by atoms with E-state index in [0.29, 0.717) is 18.8 Å². The molecule has 19 heavy (non-hydrogen) atoms. The highest BCUT2D eigenvalue weighted by molar-refractivity contribution is 6.74. The van der Waals surface area contributed by atoms with Crippen molar-refractivity contribution in [1.82, 2.24) is 0 Å². The molecule has 3 nitrogen and oxygen atoms in total. The number of allylic oxidation sites excluding steroid dienone is 1. The van der Waals surface area contributed by atoms with Gasteiger partial charge in [-0.15, -0.1) is 0 Å². The number of esters is 1. The molecule has 0 amide bonds. The summed E-state index contributed by atoms with van der Waals surface area (Å²) in [6, 6.07) is 0. The molecule has 0 bridgehead atoms. The van der Waals surface area contributed by atoms with Crippen molar-refractivity contribution in [1.29, 1.82) is 0 Å². The van der Waals surface area contributed by atoms with Crippen LogP contribution >= 0.6 is 0 Å². The Hall–Kier alpha value is -1.05. The van der Waals surface area contributed by atoms with Crippen molar-refractivity contribution in [3.8, 4) is 11.8 Å². The van der Waals surface area contributed by atoms with Crippen LogP contribution in [0.15, 0.2) is 11.6 Å². The SMILES string of the molecule is CCOC(=O)/C=C(\C)C#CCO[Si](C)(C)C(C)(C)C. The quantitative estimate of drug-likeness (QED) is 0.342. The van der Waals surface area contributed by atoms with Crippen molar-refractivity contribution < 1.29 is 14.0 Å². The van der Waals surface area contributed by atoms with Crippen molar-refractivity contribution in [3.05, 3.63) is 11.6 Å². The summed E-state index contributed by atoms with van der Waals surface area (Å²) in [4.78, 5) is 11.2. The van der Waals surface area contributed by atoms with Gasteiger partial charge >= 0.3 is 5.97 Å². The fourth-order valence-corrected chi connectivity index (χ4v) is 1.87. The van der Waals surface area contributed by atoms with E-state index in [1.165, 1.54) is 6.08 Å². The third-order valence-corrected chi connectivity index (χ3v) is 7.70. The Bertz CT molecular complexity index is 392. The average Bonchev–Trinajstić information content (AvgIpc) is 2.23. The summed E-state index contributed by atoms with van der Waals surface area (Å²) in [5, 5.41) is 0.185. The molecule has 0 spiro atoms. The molecule has 0 aliphatic carbocycles. The zero-order valence-corrected chi connectivity index (χ0v) is 14.2. The van der Waals surface area contributed by atoms with E-state index in [4.69, 9.17) is 9.16 Å². The summed E-state index contributed by atoms with van der Waals surface area (Å²) >= 11 is 0. The van der Waals surface area contributed by atoms with E-state index >= 15 is 0 Å². The third kappa shape index (κ3) is 7.19. The van der Waals surface area contributed by atoms with E-state index in [-0.39, 0.29) is 11.0 Å². The van der Waals surface area contributed by atoms with Gasteiger partial charge in [0.15, 0.2) is 8.32 Å². The van der Waals surface area contributed by atoms with Crippen LogP contribution in [0.3, 0.4) is 0 Å². The first-order valence-electron chi connectivity index (χ1n) is 6.58. The van der Waals surface area contributed by atoms with Crippen molar-refractivity contribution in [2.24, 2.45) is 0 Å². The van der Waals surface area contributed by atoms with Gasteiger partial charge in [0.2, 0.25) is 0 Å². The van der Waals surface area contributed by atoms with Gasteiger partial charge in [0, 0.05) is 11.6 Å². The van der Waals surface area contributed by atoms with Gasteiger partial charge in [0.25, 0.3) is 0 Å². The standard InChI is InChI=1S/C15H26O3Si/c1-8-17-14(16)12-13(2)10-9-11-18-19(6,7)15(3,4)5/h12H,8,11H2,1-7H3/b13-12+. The number of carbonyl (C=O) groups excluding carboxylic acids is 1. The molecule has 0 saturated heterocycles. The summed E-state index contributed by atoms with van der Waals surface area (Å²) in [7, 11) is -1.74. The third-order valence-electron chi connectivity index (χ3n) is 3.22. The van der Waals surface area contributed by atoms with E-state index < -0.39 is 8.32 Å². The topological polar surface area (TPSA) is 35.5 Å². The monoisotopic (exact) mass is 282 g/mol. The van der Waals surface area contributed by atoms with Crippen LogP contribution in [0.2, 0.25) is 18.1 Å². The number of hydrogen-bond donors (Lipinski definition) is 0. The summed E-state index contributed by atoms with van der Waals surface area (Å²) in [6.45, 7) is 15.3. The lowest BCUT2D eigenvalue weighted by atomic mass is 10.2. The minimum atomic E-state index is -1.74. The van der Waals surface area contributed by atoms with Crippen LogP contribution in [0.1, 0.15) is 34.6 Å². The van der Waals surface area contributed by atoms with Gasteiger partial charge in [-0.2, -0.15) is 0 Å². The predicted molar refractivity (Wildman–Crippen MR) is 81.3 cm³/mol. The maximum absolute atomic E-state index is 11.2. The van der Waals surface area contributed by atoms with Crippen LogP contribution in [0.25, 0.3) is 0 Å². The van der Waals surface area contributed by atoms with Crippen LogP contribution in [0, 0.1) is 11.8 Å². The van der Waals surface area contributed by atoms with Crippen LogP contribution in [-0.4, -0.2) is 27.5 Å². The molecule has 0 aliphatic heterocycles. The van der Waals surface area contributed by atoms with Crippen molar-refractivity contribution in [2.45, 2.75) is 52.8 Å². The molecule has 0 rings (SSSR count). The molecule has 0 radical (unpaired) electrons. The van der Waals surface area contributed by atoms with Crippen molar-refractivity contribution >= 4 is 14.3 Å². The summed E-state index contributed by atoms with van der Waals surface area (Å²) in [5.41, 5.74) is 0.692. The maximum atomic E-state index is 11.2. The lowest BCUT2D eigenvalue weighted by Gasteiger charge is -2.35. The highest BCUT2D eigenvalue weighted by Crippen LogP contribution is 2.36. The second kappa shape index (κ2) is 7.52. The van der Waals surface area contributed by atoms with E-state index in [1.54, 1.807) is 13.8 Å². The van der Waals surface area contributed by atoms with Gasteiger partial charge in [0.05, 0.1) is 13.2 Å². The molecule has 0 fully saturated rings. The first-order chi connectivity index (χ1) is 8.60. The largest absolute Gasteiger partial charge is 0.463 e. The van der Waals surface area contributed by atoms with Crippen molar-refractivity contribution in [3.63, 3.8) is 0 Å². The Kier molecular flexibility index (Phi) is 7.10. The number of carbonyl (C=O) groups is 1. The van der Waals surface area contributed by atoms with Crippen LogP contribution in [0.5, 0.6) is 0 Å². The smallest absolute Gasteiger partial charge is 0.331 e. The highest BCUT2D eigenvalue weighted by atomic mass is 28.4. The van der Waals surface area contributed by atoms with Gasteiger partial charge < -0.3 is 9.16 Å². The molecule has 0 aromatic carbocycles. The first-order valence-corrected chi connectivity index (χ1v) is 9.49. The lowest BCUT2D eigenvalue weighted by molar-refractivity contribution is -0.137. The maximum Gasteiger partial charge on any atom is 0.331 e. The zero-order valence-electron chi connectivity index (χ0n) is 13.2. The second-order valence-electron chi connectivity index (χ2n) is 5.93. The molecule has 4 heteroatoms. The molecule has 0 aromatic heterocycles. The molecule has 0 unspecified atom stereocenters. The molecule has 0 heterocycles. The van der Waals surface area contributed by atoms with E-state index in [1.807, 2.05) is 0 Å². The van der Waals surface area contributed by atoms with E-state index in [2.05, 4.69) is 45.7 Å². The summed E-state index contributed by atoms with van der Waals surface area (Å²) < 4.78 is 10.7. The minimum absolute atomic E-state index is 0.185. The van der Waals surface area contributed by atoms with Gasteiger partial charge in [-0.1, -0.05) is 32.6 Å². The van der Waals surface area contributed by atoms with Gasteiger partial charge in [-0.05, 0) is 32.0 Å². The van der Waals surface area contributed by atoms with Crippen molar-refractivity contribution in [2.75, 3.05) is 13.2 Å². The predicted octanol–water partition coefficient (Wildman–Crippen LogP) is 3.52. The van der Waals surface area contributed by atoms with E-state index in [0.717, 1.165) is 0 Å². The van der Waals surface area contributed by atoms with Crippen LogP contribution in [0.4, 0.5) is 0 Å². The Balaban J connectivity index is 4.37. The Morgan fingerprint density at radius 2 is 1.89 bits per heavy atom. The minimum Gasteiger partial charge on any atom is -0.463 e. The van der Waals surface area contributed by atoms with Gasteiger partial charge in [0.1, 0.15) is 0 Å². The molecule has 0 aromatic rings. The molecule has 0 N–H and O–H groups in total. The molecule has 108 valence electrons. The number of hydrogen-bond acceptors (Lipinski definition) is 3. The fourth-order valence-electron chi connectivity index (χ4n) is 1.01. The first kappa shape index (κ1) is 17.9. The molecule has 0 saturated carbocycles. The van der Waals surface area contributed by atoms with E-state index in [9.17, 15) is 4.79 Å². The van der Waals surface area contributed by atoms with Gasteiger partial charge in [-0.25, -0.2) is 4.79 Å². The average molecular weight is 282 g/mol. The summed E-state index contributed by atoms with van der Waals surface area (Å²) in [5.74, 6) is 5.50.